The van der Waals surface area contributed by atoms with Crippen LogP contribution >= 0.6 is 12.4 Å². The van der Waals surface area contributed by atoms with Crippen LogP contribution in [0.4, 0.5) is 5.69 Å². The van der Waals surface area contributed by atoms with Gasteiger partial charge in [-0.3, -0.25) is 9.00 Å². The quantitative estimate of drug-likeness (QED) is 0.698. The Morgan fingerprint density at radius 3 is 2.71 bits per heavy atom. The Balaban J connectivity index is 0.00000280. The maximum atomic E-state index is 12.5. The van der Waals surface area contributed by atoms with E-state index in [0.29, 0.717) is 24.0 Å². The average molecular weight is 421 g/mol. The molecule has 0 saturated carbocycles. The van der Waals surface area contributed by atoms with E-state index >= 15 is 0 Å². The van der Waals surface area contributed by atoms with Crippen molar-refractivity contribution in [2.75, 3.05) is 18.4 Å². The van der Waals surface area contributed by atoms with Gasteiger partial charge >= 0.3 is 0 Å². The first kappa shape index (κ1) is 22.6. The van der Waals surface area contributed by atoms with Crippen molar-refractivity contribution in [3.05, 3.63) is 60.2 Å². The van der Waals surface area contributed by atoms with E-state index in [1.54, 1.807) is 0 Å². The SMILES string of the molecule is CC(CC(=O)Nc1cccc(CS(=O)c2ccccc2)c1)C1CCCNC1.Cl. The molecule has 2 N–H and O–H groups in total. The molecule has 0 aromatic heterocycles. The maximum Gasteiger partial charge on any atom is 0.224 e. The van der Waals surface area contributed by atoms with Crippen LogP contribution in [0, 0.1) is 11.8 Å². The monoisotopic (exact) mass is 420 g/mol. The summed E-state index contributed by atoms with van der Waals surface area (Å²) in [5, 5.41) is 6.42. The van der Waals surface area contributed by atoms with Crippen LogP contribution in [0.1, 0.15) is 31.7 Å². The second-order valence-corrected chi connectivity index (χ2v) is 8.79. The number of amides is 1. The number of anilines is 1. The second kappa shape index (κ2) is 11.3. The zero-order valence-electron chi connectivity index (χ0n) is 16.2. The van der Waals surface area contributed by atoms with E-state index in [1.165, 1.54) is 12.8 Å². The van der Waals surface area contributed by atoms with Gasteiger partial charge in [0.2, 0.25) is 5.91 Å². The molecule has 1 aliphatic rings. The first-order chi connectivity index (χ1) is 13.1. The van der Waals surface area contributed by atoms with Crippen molar-refractivity contribution in [1.82, 2.24) is 5.32 Å². The highest BCUT2D eigenvalue weighted by atomic mass is 35.5. The van der Waals surface area contributed by atoms with Gasteiger partial charge in [-0.25, -0.2) is 0 Å². The molecule has 28 heavy (non-hydrogen) atoms. The molecule has 0 bridgehead atoms. The number of nitrogens with one attached hydrogen (secondary N) is 2. The third-order valence-corrected chi connectivity index (χ3v) is 6.56. The summed E-state index contributed by atoms with van der Waals surface area (Å²) in [7, 11) is -1.09. The van der Waals surface area contributed by atoms with Crippen LogP contribution in [0.15, 0.2) is 59.5 Å². The molecule has 152 valence electrons. The average Bonchev–Trinajstić information content (AvgIpc) is 2.69. The van der Waals surface area contributed by atoms with Crippen molar-refractivity contribution in [3.8, 4) is 0 Å². The maximum absolute atomic E-state index is 12.5. The highest BCUT2D eigenvalue weighted by molar-refractivity contribution is 7.84. The molecular weight excluding hydrogens is 392 g/mol. The zero-order valence-corrected chi connectivity index (χ0v) is 17.9. The topological polar surface area (TPSA) is 58.2 Å². The number of hydrogen-bond donors (Lipinski definition) is 2. The Bertz CT molecular complexity index is 779. The minimum atomic E-state index is -1.09. The molecule has 1 aliphatic heterocycles. The van der Waals surface area contributed by atoms with Gasteiger partial charge in [0, 0.05) is 17.0 Å². The molecular formula is C22H29ClN2O2S. The lowest BCUT2D eigenvalue weighted by Gasteiger charge is -2.28. The fourth-order valence-electron chi connectivity index (χ4n) is 3.58. The summed E-state index contributed by atoms with van der Waals surface area (Å²) in [5.74, 6) is 1.43. The number of halogens is 1. The van der Waals surface area contributed by atoms with Crippen LogP contribution in [0.2, 0.25) is 0 Å². The van der Waals surface area contributed by atoms with Crippen molar-refractivity contribution in [1.29, 1.82) is 0 Å². The summed E-state index contributed by atoms with van der Waals surface area (Å²) in [4.78, 5) is 13.3. The van der Waals surface area contributed by atoms with E-state index in [9.17, 15) is 9.00 Å². The van der Waals surface area contributed by atoms with Crippen molar-refractivity contribution < 1.29 is 9.00 Å². The number of rotatable bonds is 7. The summed E-state index contributed by atoms with van der Waals surface area (Å²) in [6.07, 6.45) is 2.92. The van der Waals surface area contributed by atoms with Gasteiger partial charge in [0.25, 0.3) is 0 Å². The normalized spacial score (nSPS) is 18.5. The van der Waals surface area contributed by atoms with Gasteiger partial charge in [0.15, 0.2) is 0 Å². The third-order valence-electron chi connectivity index (χ3n) is 5.16. The molecule has 2 aromatic carbocycles. The first-order valence-corrected chi connectivity index (χ1v) is 11.0. The van der Waals surface area contributed by atoms with Crippen LogP contribution in [-0.4, -0.2) is 23.2 Å². The molecule has 1 fully saturated rings. The van der Waals surface area contributed by atoms with Gasteiger partial charge in [-0.15, -0.1) is 12.4 Å². The minimum absolute atomic E-state index is 0. The second-order valence-electron chi connectivity index (χ2n) is 7.34. The zero-order chi connectivity index (χ0) is 19.1. The Morgan fingerprint density at radius 1 is 1.21 bits per heavy atom. The van der Waals surface area contributed by atoms with Crippen molar-refractivity contribution in [2.45, 2.75) is 36.8 Å². The van der Waals surface area contributed by atoms with Crippen LogP contribution in [0.25, 0.3) is 0 Å². The Hall–Kier alpha value is -1.69. The molecule has 0 spiro atoms. The highest BCUT2D eigenvalue weighted by Crippen LogP contribution is 2.23. The summed E-state index contributed by atoms with van der Waals surface area (Å²) >= 11 is 0. The van der Waals surface area contributed by atoms with E-state index < -0.39 is 10.8 Å². The Kier molecular flexibility index (Phi) is 9.16. The number of piperidine rings is 1. The lowest BCUT2D eigenvalue weighted by Crippen LogP contribution is -2.34. The predicted molar refractivity (Wildman–Crippen MR) is 118 cm³/mol. The third kappa shape index (κ3) is 6.73. The molecule has 1 heterocycles. The van der Waals surface area contributed by atoms with Gasteiger partial charge in [-0.05, 0) is 67.6 Å². The van der Waals surface area contributed by atoms with Crippen LogP contribution in [0.5, 0.6) is 0 Å². The predicted octanol–water partition coefficient (Wildman–Crippen LogP) is 4.38. The summed E-state index contributed by atoms with van der Waals surface area (Å²) in [5.41, 5.74) is 1.73. The van der Waals surface area contributed by atoms with E-state index in [4.69, 9.17) is 0 Å². The van der Waals surface area contributed by atoms with Crippen LogP contribution in [-0.2, 0) is 21.3 Å². The summed E-state index contributed by atoms with van der Waals surface area (Å²) in [6.45, 7) is 4.26. The van der Waals surface area contributed by atoms with Crippen molar-refractivity contribution in [2.24, 2.45) is 11.8 Å². The van der Waals surface area contributed by atoms with Crippen LogP contribution < -0.4 is 10.6 Å². The summed E-state index contributed by atoms with van der Waals surface area (Å²) < 4.78 is 12.5. The summed E-state index contributed by atoms with van der Waals surface area (Å²) in [6, 6.07) is 17.1. The van der Waals surface area contributed by atoms with Crippen LogP contribution in [0.3, 0.4) is 0 Å². The van der Waals surface area contributed by atoms with Gasteiger partial charge in [0.05, 0.1) is 16.6 Å². The number of carbonyl (C=O) groups excluding carboxylic acids is 1. The van der Waals surface area contributed by atoms with Crippen molar-refractivity contribution in [3.63, 3.8) is 0 Å². The molecule has 3 rings (SSSR count). The fraction of sp³-hybridized carbons (Fsp3) is 0.409. The smallest absolute Gasteiger partial charge is 0.224 e. The fourth-order valence-corrected chi connectivity index (χ4v) is 4.69. The number of benzene rings is 2. The molecule has 0 aliphatic carbocycles. The van der Waals surface area contributed by atoms with E-state index in [0.717, 1.165) is 29.2 Å². The molecule has 4 nitrogen and oxygen atoms in total. The van der Waals surface area contributed by atoms with Crippen molar-refractivity contribution >= 4 is 34.8 Å². The number of hydrogen-bond acceptors (Lipinski definition) is 3. The molecule has 1 saturated heterocycles. The van der Waals surface area contributed by atoms with E-state index in [1.807, 2.05) is 54.6 Å². The lowest BCUT2D eigenvalue weighted by molar-refractivity contribution is -0.117. The first-order valence-electron chi connectivity index (χ1n) is 9.65. The molecule has 1 amide bonds. The van der Waals surface area contributed by atoms with E-state index in [-0.39, 0.29) is 18.3 Å². The number of carbonyl (C=O) groups is 1. The lowest BCUT2D eigenvalue weighted by atomic mass is 9.85. The molecule has 3 unspecified atom stereocenters. The molecule has 0 radical (unpaired) electrons. The van der Waals surface area contributed by atoms with Gasteiger partial charge in [-0.2, -0.15) is 0 Å². The molecule has 6 heteroatoms. The Labute approximate surface area is 176 Å². The van der Waals surface area contributed by atoms with Gasteiger partial charge in [0.1, 0.15) is 0 Å². The van der Waals surface area contributed by atoms with Gasteiger partial charge in [-0.1, -0.05) is 37.3 Å². The van der Waals surface area contributed by atoms with E-state index in [2.05, 4.69) is 17.6 Å². The highest BCUT2D eigenvalue weighted by Gasteiger charge is 2.22. The Morgan fingerprint density at radius 2 is 2.00 bits per heavy atom. The largest absolute Gasteiger partial charge is 0.326 e. The molecule has 2 aromatic rings. The molecule has 3 atom stereocenters. The standard InChI is InChI=1S/C22H28N2O2S.ClH/c1-17(19-8-6-12-23-15-19)13-22(25)24-20-9-5-7-18(14-20)16-27(26)21-10-3-2-4-11-21;/h2-5,7,9-11,14,17,19,23H,6,8,12-13,15-16H2,1H3,(H,24,25);1H. The minimum Gasteiger partial charge on any atom is -0.326 e. The van der Waals surface area contributed by atoms with Gasteiger partial charge < -0.3 is 10.6 Å².